The van der Waals surface area contributed by atoms with Gasteiger partial charge in [0.1, 0.15) is 18.2 Å². The van der Waals surface area contributed by atoms with Gasteiger partial charge in [0.05, 0.1) is 11.1 Å². The molecule has 1 fully saturated rings. The number of anilines is 1. The first-order chi connectivity index (χ1) is 13.0. The first kappa shape index (κ1) is 17.5. The minimum Gasteiger partial charge on any atom is -0.445 e. The summed E-state index contributed by atoms with van der Waals surface area (Å²) in [5, 5.41) is 2.58. The number of nitrogens with one attached hydrogen (secondary N) is 1. The van der Waals surface area contributed by atoms with E-state index >= 15 is 0 Å². The molecule has 0 aromatic heterocycles. The molecule has 0 radical (unpaired) electrons. The van der Waals surface area contributed by atoms with Gasteiger partial charge in [0, 0.05) is 24.7 Å². The van der Waals surface area contributed by atoms with E-state index in [9.17, 15) is 18.4 Å². The number of hydrogen-bond donors (Lipinski definition) is 1. The van der Waals surface area contributed by atoms with Gasteiger partial charge in [-0.05, 0) is 24.5 Å². The monoisotopic (exact) mass is 372 g/mol. The van der Waals surface area contributed by atoms with E-state index in [1.807, 2.05) is 30.3 Å². The fourth-order valence-electron chi connectivity index (χ4n) is 3.87. The highest BCUT2D eigenvalue weighted by Crippen LogP contribution is 2.46. The highest BCUT2D eigenvalue weighted by molar-refractivity contribution is 6.06. The van der Waals surface area contributed by atoms with Gasteiger partial charge in [0.2, 0.25) is 5.91 Å². The number of hydrogen-bond acceptors (Lipinski definition) is 3. The number of halogens is 2. The Morgan fingerprint density at radius 3 is 2.56 bits per heavy atom. The largest absolute Gasteiger partial charge is 0.445 e. The maximum Gasteiger partial charge on any atom is 0.410 e. The SMILES string of the molecule is O=C(OCc1ccccc1)N1CCC2(CC1)C(=O)Nc1cc(F)cc(F)c12. The third-order valence-corrected chi connectivity index (χ3v) is 5.30. The van der Waals surface area contributed by atoms with E-state index in [2.05, 4.69) is 5.32 Å². The molecule has 1 spiro atoms. The second-order valence-electron chi connectivity index (χ2n) is 6.87. The fraction of sp³-hybridized carbons (Fsp3) is 0.300. The molecule has 2 heterocycles. The van der Waals surface area contributed by atoms with Gasteiger partial charge in [-0.3, -0.25) is 4.79 Å². The molecule has 0 bridgehead atoms. The van der Waals surface area contributed by atoms with Crippen LogP contribution in [-0.4, -0.2) is 30.0 Å². The summed E-state index contributed by atoms with van der Waals surface area (Å²) in [4.78, 5) is 26.3. The molecule has 0 saturated carbocycles. The Kier molecular flexibility index (Phi) is 4.30. The lowest BCUT2D eigenvalue weighted by molar-refractivity contribution is -0.122. The highest BCUT2D eigenvalue weighted by atomic mass is 19.1. The molecule has 0 aliphatic carbocycles. The van der Waals surface area contributed by atoms with Crippen LogP contribution in [0.3, 0.4) is 0 Å². The van der Waals surface area contributed by atoms with Crippen LogP contribution >= 0.6 is 0 Å². The number of benzene rings is 2. The summed E-state index contributed by atoms with van der Waals surface area (Å²) in [5.74, 6) is -1.81. The topological polar surface area (TPSA) is 58.6 Å². The summed E-state index contributed by atoms with van der Waals surface area (Å²) >= 11 is 0. The van der Waals surface area contributed by atoms with E-state index in [1.165, 1.54) is 4.90 Å². The number of carbonyl (C=O) groups is 2. The van der Waals surface area contributed by atoms with Crippen molar-refractivity contribution in [2.24, 2.45) is 0 Å². The Labute approximate surface area is 154 Å². The lowest BCUT2D eigenvalue weighted by Gasteiger charge is -2.37. The highest BCUT2D eigenvalue weighted by Gasteiger charge is 2.51. The molecule has 2 aliphatic heterocycles. The number of nitrogens with zero attached hydrogens (tertiary/aromatic N) is 1. The lowest BCUT2D eigenvalue weighted by atomic mass is 9.73. The fourth-order valence-corrected chi connectivity index (χ4v) is 3.87. The molecule has 2 aromatic carbocycles. The molecular weight excluding hydrogens is 354 g/mol. The number of ether oxygens (including phenoxy) is 1. The summed E-state index contributed by atoms with van der Waals surface area (Å²) in [5.41, 5.74) is 0.194. The van der Waals surface area contributed by atoms with Gasteiger partial charge in [0.25, 0.3) is 0 Å². The van der Waals surface area contributed by atoms with Crippen LogP contribution in [0.1, 0.15) is 24.0 Å². The van der Waals surface area contributed by atoms with Gasteiger partial charge in [-0.1, -0.05) is 30.3 Å². The molecule has 1 saturated heterocycles. The van der Waals surface area contributed by atoms with Crippen molar-refractivity contribution in [3.63, 3.8) is 0 Å². The Balaban J connectivity index is 1.45. The maximum absolute atomic E-state index is 14.4. The molecule has 27 heavy (non-hydrogen) atoms. The summed E-state index contributed by atoms with van der Waals surface area (Å²) in [6, 6.07) is 11.3. The maximum atomic E-state index is 14.4. The zero-order valence-corrected chi connectivity index (χ0v) is 14.5. The minimum atomic E-state index is -1.07. The van der Waals surface area contributed by atoms with Crippen LogP contribution in [0, 0.1) is 11.6 Å². The van der Waals surface area contributed by atoms with E-state index < -0.39 is 23.1 Å². The zero-order valence-electron chi connectivity index (χ0n) is 14.5. The predicted octanol–water partition coefficient (Wildman–Crippen LogP) is 3.59. The van der Waals surface area contributed by atoms with E-state index in [1.54, 1.807) is 0 Å². The van der Waals surface area contributed by atoms with Gasteiger partial charge in [0.15, 0.2) is 0 Å². The Morgan fingerprint density at radius 1 is 1.15 bits per heavy atom. The summed E-state index contributed by atoms with van der Waals surface area (Å²) < 4.78 is 33.1. The normalized spacial score (nSPS) is 17.6. The Hall–Kier alpha value is -2.96. The van der Waals surface area contributed by atoms with Crippen molar-refractivity contribution in [1.82, 2.24) is 4.90 Å². The van der Waals surface area contributed by atoms with Crippen molar-refractivity contribution < 1.29 is 23.1 Å². The average Bonchev–Trinajstić information content (AvgIpc) is 2.92. The van der Waals surface area contributed by atoms with Crippen LogP contribution in [0.4, 0.5) is 19.3 Å². The molecule has 7 heteroatoms. The Morgan fingerprint density at radius 2 is 1.85 bits per heavy atom. The van der Waals surface area contributed by atoms with Crippen LogP contribution in [0.15, 0.2) is 42.5 Å². The molecule has 0 unspecified atom stereocenters. The Bertz CT molecular complexity index is 894. The lowest BCUT2D eigenvalue weighted by Crippen LogP contribution is -2.48. The number of piperidine rings is 1. The molecular formula is C20H18F2N2O3. The van der Waals surface area contributed by atoms with Gasteiger partial charge < -0.3 is 15.0 Å². The summed E-state index contributed by atoms with van der Waals surface area (Å²) in [6.07, 6.45) is 0.0517. The van der Waals surface area contributed by atoms with E-state index in [-0.39, 0.29) is 49.7 Å². The number of fused-ring (bicyclic) bond motifs is 2. The minimum absolute atomic E-state index is 0.165. The smallest absolute Gasteiger partial charge is 0.410 e. The van der Waals surface area contributed by atoms with E-state index in [0.717, 1.165) is 17.7 Å². The molecule has 4 rings (SSSR count). The van der Waals surface area contributed by atoms with Crippen LogP contribution < -0.4 is 5.32 Å². The molecule has 2 amide bonds. The van der Waals surface area contributed by atoms with Gasteiger partial charge in [-0.2, -0.15) is 0 Å². The third kappa shape index (κ3) is 3.03. The predicted molar refractivity (Wildman–Crippen MR) is 94.1 cm³/mol. The van der Waals surface area contributed by atoms with Gasteiger partial charge in [-0.15, -0.1) is 0 Å². The van der Waals surface area contributed by atoms with Crippen molar-refractivity contribution in [3.8, 4) is 0 Å². The van der Waals surface area contributed by atoms with Crippen molar-refractivity contribution in [2.45, 2.75) is 24.9 Å². The summed E-state index contributed by atoms with van der Waals surface area (Å²) in [6.45, 7) is 0.688. The van der Waals surface area contributed by atoms with Crippen molar-refractivity contribution in [2.75, 3.05) is 18.4 Å². The third-order valence-electron chi connectivity index (χ3n) is 5.30. The second kappa shape index (κ2) is 6.64. The standard InChI is InChI=1S/C20H18F2N2O3/c21-14-10-15(22)17-16(11-14)23-18(25)20(17)6-8-24(9-7-20)19(26)27-12-13-4-2-1-3-5-13/h1-5,10-11H,6-9,12H2,(H,23,25). The number of likely N-dealkylation sites (tertiary alicyclic amines) is 1. The number of carbonyl (C=O) groups excluding carboxylic acids is 2. The number of amides is 2. The van der Waals surface area contributed by atoms with Crippen molar-refractivity contribution in [3.05, 3.63) is 65.2 Å². The van der Waals surface area contributed by atoms with Crippen LogP contribution in [0.5, 0.6) is 0 Å². The average molecular weight is 372 g/mol. The molecule has 2 aliphatic rings. The van der Waals surface area contributed by atoms with Crippen LogP contribution in [0.25, 0.3) is 0 Å². The van der Waals surface area contributed by atoms with Crippen LogP contribution in [-0.2, 0) is 21.6 Å². The van der Waals surface area contributed by atoms with E-state index in [0.29, 0.717) is 0 Å². The number of rotatable bonds is 2. The molecule has 140 valence electrons. The zero-order chi connectivity index (χ0) is 19.0. The quantitative estimate of drug-likeness (QED) is 0.877. The molecule has 5 nitrogen and oxygen atoms in total. The molecule has 1 N–H and O–H groups in total. The van der Waals surface area contributed by atoms with Gasteiger partial charge in [-0.25, -0.2) is 13.6 Å². The van der Waals surface area contributed by atoms with Crippen molar-refractivity contribution >= 4 is 17.7 Å². The second-order valence-corrected chi connectivity index (χ2v) is 6.87. The van der Waals surface area contributed by atoms with Crippen LogP contribution in [0.2, 0.25) is 0 Å². The first-order valence-electron chi connectivity index (χ1n) is 8.76. The summed E-state index contributed by atoms with van der Waals surface area (Å²) in [7, 11) is 0. The molecule has 0 atom stereocenters. The van der Waals surface area contributed by atoms with E-state index in [4.69, 9.17) is 4.74 Å². The first-order valence-corrected chi connectivity index (χ1v) is 8.76. The van der Waals surface area contributed by atoms with Gasteiger partial charge >= 0.3 is 6.09 Å². The molecule has 2 aromatic rings. The van der Waals surface area contributed by atoms with Crippen molar-refractivity contribution in [1.29, 1.82) is 0 Å².